The first-order valence-corrected chi connectivity index (χ1v) is 6.62. The molecule has 1 heterocycles. The minimum Gasteiger partial charge on any atom is -0.193 e. The van der Waals surface area contributed by atoms with Crippen molar-refractivity contribution in [3.8, 4) is 6.07 Å². The second-order valence-electron chi connectivity index (χ2n) is 2.49. The molecule has 0 amide bonds. The molecule has 0 saturated heterocycles. The fourth-order valence-electron chi connectivity index (χ4n) is 0.887. The number of hydrogen-bond acceptors (Lipinski definition) is 2. The van der Waals surface area contributed by atoms with Crippen molar-refractivity contribution in [2.45, 2.75) is 13.3 Å². The molecular weight excluding hydrogens is 349 g/mol. The summed E-state index contributed by atoms with van der Waals surface area (Å²) in [6.07, 6.45) is 0.655. The molecule has 0 N–H and O–H groups in total. The highest BCUT2D eigenvalue weighted by Crippen LogP contribution is 2.38. The van der Waals surface area contributed by atoms with Crippen LogP contribution < -0.4 is 0 Å². The van der Waals surface area contributed by atoms with Crippen LogP contribution in [-0.2, 0) is 0 Å². The lowest BCUT2D eigenvalue weighted by atomic mass is 10.2. The Kier molecular flexibility index (Phi) is 4.65. The minimum atomic E-state index is 0.548. The summed E-state index contributed by atoms with van der Waals surface area (Å²) in [5.74, 6) is 0. The third-order valence-corrected chi connectivity index (χ3v) is 5.43. The Balaban J connectivity index is 3.18. The molecule has 0 bridgehead atoms. The van der Waals surface area contributed by atoms with Gasteiger partial charge in [0.1, 0.15) is 0 Å². The van der Waals surface area contributed by atoms with Crippen molar-refractivity contribution in [3.05, 3.63) is 24.8 Å². The van der Waals surface area contributed by atoms with Gasteiger partial charge < -0.3 is 0 Å². The standard InChI is InChI=1S/C9H6Br2ClNS/c1-2-5(4-13)8(12)7-3-6(10)9(11)14-7/h3H,2H2,1H3. The van der Waals surface area contributed by atoms with Crippen molar-refractivity contribution in [2.24, 2.45) is 0 Å². The van der Waals surface area contributed by atoms with Gasteiger partial charge in [-0.1, -0.05) is 18.5 Å². The predicted octanol–water partition coefficient (Wildman–Crippen LogP) is 5.16. The molecule has 0 aromatic carbocycles. The van der Waals surface area contributed by atoms with Gasteiger partial charge in [0.05, 0.1) is 14.9 Å². The Hall–Kier alpha value is 0.180. The van der Waals surface area contributed by atoms with Gasteiger partial charge in [-0.2, -0.15) is 5.26 Å². The summed E-state index contributed by atoms with van der Waals surface area (Å²) >= 11 is 14.4. The molecule has 74 valence electrons. The Morgan fingerprint density at radius 2 is 2.29 bits per heavy atom. The molecule has 0 fully saturated rings. The van der Waals surface area contributed by atoms with Gasteiger partial charge in [0, 0.05) is 14.9 Å². The summed E-state index contributed by atoms with van der Waals surface area (Å²) in [5, 5.41) is 9.37. The Labute approximate surface area is 109 Å². The normalized spacial score (nSPS) is 12.2. The van der Waals surface area contributed by atoms with Crippen LogP contribution in [0.5, 0.6) is 0 Å². The van der Waals surface area contributed by atoms with E-state index in [1.807, 2.05) is 13.0 Å². The first kappa shape index (κ1) is 12.3. The molecule has 1 aromatic heterocycles. The molecule has 0 spiro atoms. The first-order chi connectivity index (χ1) is 6.60. The van der Waals surface area contributed by atoms with Gasteiger partial charge in [-0.3, -0.25) is 0 Å². The highest BCUT2D eigenvalue weighted by molar-refractivity contribution is 9.13. The van der Waals surface area contributed by atoms with E-state index in [0.717, 1.165) is 13.1 Å². The van der Waals surface area contributed by atoms with E-state index >= 15 is 0 Å². The number of halogens is 3. The molecule has 0 aliphatic carbocycles. The number of nitriles is 1. The minimum absolute atomic E-state index is 0.548. The number of allylic oxidation sites excluding steroid dienone is 1. The third-order valence-electron chi connectivity index (χ3n) is 1.61. The maximum atomic E-state index is 8.82. The molecule has 0 atom stereocenters. The van der Waals surface area contributed by atoms with Crippen molar-refractivity contribution >= 4 is 59.8 Å². The zero-order chi connectivity index (χ0) is 10.7. The topological polar surface area (TPSA) is 23.8 Å². The third kappa shape index (κ3) is 2.60. The number of rotatable bonds is 2. The Morgan fingerprint density at radius 1 is 1.64 bits per heavy atom. The van der Waals surface area contributed by atoms with Crippen molar-refractivity contribution in [3.63, 3.8) is 0 Å². The lowest BCUT2D eigenvalue weighted by Crippen LogP contribution is -1.79. The average molecular weight is 355 g/mol. The van der Waals surface area contributed by atoms with E-state index in [2.05, 4.69) is 37.9 Å². The van der Waals surface area contributed by atoms with Crippen molar-refractivity contribution in [1.82, 2.24) is 0 Å². The van der Waals surface area contributed by atoms with Crippen LogP contribution in [0.25, 0.3) is 5.03 Å². The lowest BCUT2D eigenvalue weighted by molar-refractivity contribution is 1.16. The van der Waals surface area contributed by atoms with Crippen LogP contribution in [0.2, 0.25) is 0 Å². The van der Waals surface area contributed by atoms with E-state index in [-0.39, 0.29) is 0 Å². The van der Waals surface area contributed by atoms with E-state index in [1.165, 1.54) is 11.3 Å². The highest BCUT2D eigenvalue weighted by atomic mass is 79.9. The summed E-state index contributed by atoms with van der Waals surface area (Å²) in [4.78, 5) is 0.906. The number of nitrogens with zero attached hydrogens (tertiary/aromatic N) is 1. The average Bonchev–Trinajstić information content (AvgIpc) is 2.49. The monoisotopic (exact) mass is 353 g/mol. The fourth-order valence-corrected chi connectivity index (χ4v) is 3.23. The van der Waals surface area contributed by atoms with Crippen molar-refractivity contribution < 1.29 is 0 Å². The smallest absolute Gasteiger partial charge is 0.0963 e. The second kappa shape index (κ2) is 5.32. The SMILES string of the molecule is CCC(C#N)=C(Cl)c1cc(Br)c(Br)s1. The number of thiophene rings is 1. The molecule has 0 aliphatic rings. The maximum Gasteiger partial charge on any atom is 0.0963 e. The van der Waals surface area contributed by atoms with Gasteiger partial charge in [-0.15, -0.1) is 11.3 Å². The van der Waals surface area contributed by atoms with Crippen LogP contribution in [0.15, 0.2) is 19.9 Å². The van der Waals surface area contributed by atoms with Gasteiger partial charge in [0.15, 0.2) is 0 Å². The van der Waals surface area contributed by atoms with E-state index in [4.69, 9.17) is 16.9 Å². The molecule has 0 unspecified atom stereocenters. The van der Waals surface area contributed by atoms with Crippen LogP contribution in [0.4, 0.5) is 0 Å². The summed E-state index contributed by atoms with van der Waals surface area (Å²) in [6.45, 7) is 1.92. The Bertz CT molecular complexity index is 397. The molecule has 0 radical (unpaired) electrons. The quantitative estimate of drug-likeness (QED) is 0.673. The molecular formula is C9H6Br2ClNS. The fraction of sp³-hybridized carbons (Fsp3) is 0.222. The summed E-state index contributed by atoms with van der Waals surface area (Å²) in [6, 6.07) is 4.01. The van der Waals surface area contributed by atoms with Crippen LogP contribution in [-0.4, -0.2) is 0 Å². The van der Waals surface area contributed by atoms with Gasteiger partial charge in [0.25, 0.3) is 0 Å². The lowest BCUT2D eigenvalue weighted by Gasteiger charge is -1.96. The van der Waals surface area contributed by atoms with Gasteiger partial charge >= 0.3 is 0 Å². The van der Waals surface area contributed by atoms with E-state index in [9.17, 15) is 0 Å². The van der Waals surface area contributed by atoms with Crippen molar-refractivity contribution in [2.75, 3.05) is 0 Å². The molecule has 1 nitrogen and oxygen atoms in total. The molecule has 5 heteroatoms. The zero-order valence-electron chi connectivity index (χ0n) is 7.27. The molecule has 0 saturated carbocycles. The molecule has 14 heavy (non-hydrogen) atoms. The zero-order valence-corrected chi connectivity index (χ0v) is 12.0. The van der Waals surface area contributed by atoms with Gasteiger partial charge in [-0.25, -0.2) is 0 Å². The second-order valence-corrected chi connectivity index (χ2v) is 6.09. The number of hydrogen-bond donors (Lipinski definition) is 0. The van der Waals surface area contributed by atoms with E-state index in [1.54, 1.807) is 0 Å². The molecule has 1 rings (SSSR count). The maximum absolute atomic E-state index is 8.82. The van der Waals surface area contributed by atoms with Gasteiger partial charge in [0.2, 0.25) is 0 Å². The largest absolute Gasteiger partial charge is 0.193 e. The summed E-state index contributed by atoms with van der Waals surface area (Å²) in [7, 11) is 0. The van der Waals surface area contributed by atoms with Crippen LogP contribution >= 0.6 is 54.8 Å². The summed E-state index contributed by atoms with van der Waals surface area (Å²) < 4.78 is 1.95. The van der Waals surface area contributed by atoms with Gasteiger partial charge in [-0.05, 0) is 44.3 Å². The van der Waals surface area contributed by atoms with Crippen LogP contribution in [0.1, 0.15) is 18.2 Å². The van der Waals surface area contributed by atoms with Crippen LogP contribution in [0.3, 0.4) is 0 Å². The van der Waals surface area contributed by atoms with E-state index in [0.29, 0.717) is 17.0 Å². The van der Waals surface area contributed by atoms with Crippen LogP contribution in [0, 0.1) is 11.3 Å². The Morgan fingerprint density at radius 3 is 2.64 bits per heavy atom. The first-order valence-electron chi connectivity index (χ1n) is 3.84. The predicted molar refractivity (Wildman–Crippen MR) is 68.4 cm³/mol. The summed E-state index contributed by atoms with van der Waals surface area (Å²) in [5.41, 5.74) is 0.618. The molecule has 1 aromatic rings. The highest BCUT2D eigenvalue weighted by Gasteiger charge is 2.10. The van der Waals surface area contributed by atoms with E-state index < -0.39 is 0 Å². The molecule has 0 aliphatic heterocycles. The van der Waals surface area contributed by atoms with Crippen molar-refractivity contribution in [1.29, 1.82) is 5.26 Å².